The Hall–Kier alpha value is -2.66. The Labute approximate surface area is 134 Å². The van der Waals surface area contributed by atoms with Crippen molar-refractivity contribution < 1.29 is 27.8 Å². The van der Waals surface area contributed by atoms with Crippen LogP contribution in [0.3, 0.4) is 0 Å². The van der Waals surface area contributed by atoms with Gasteiger partial charge < -0.3 is 31.1 Å². The molecule has 0 aromatic carbocycles. The number of nitrogens with one attached hydrogen (secondary N) is 2. The molecule has 2 aliphatic rings. The number of alkyl halides is 3. The third-order valence-electron chi connectivity index (χ3n) is 3.78. The highest BCUT2D eigenvalue weighted by atomic mass is 19.4. The van der Waals surface area contributed by atoms with Gasteiger partial charge in [0.25, 0.3) is 0 Å². The minimum absolute atomic E-state index is 0.0840. The lowest BCUT2D eigenvalue weighted by Gasteiger charge is -2.30. The Morgan fingerprint density at radius 2 is 2.21 bits per heavy atom. The predicted molar refractivity (Wildman–Crippen MR) is 77.2 cm³/mol. The number of nitrogen functional groups attached to an aromatic ring is 1. The van der Waals surface area contributed by atoms with E-state index in [2.05, 4.69) is 20.6 Å². The summed E-state index contributed by atoms with van der Waals surface area (Å²) in [6.45, 7) is 0.155. The molecule has 1 saturated heterocycles. The average Bonchev–Trinajstić information content (AvgIpc) is 2.92. The maximum Gasteiger partial charge on any atom is 0.411 e. The number of amides is 1. The van der Waals surface area contributed by atoms with Crippen molar-refractivity contribution in [3.8, 4) is 5.75 Å². The largest absolute Gasteiger partial charge is 0.484 e. The summed E-state index contributed by atoms with van der Waals surface area (Å²) in [5, 5.41) is 13.4. The number of hydrogen-bond acceptors (Lipinski definition) is 7. The number of rotatable bonds is 2. The number of hydrogen-bond donors (Lipinski definition) is 4. The molecule has 0 radical (unpaired) electrons. The first-order chi connectivity index (χ1) is 11.2. The van der Waals surface area contributed by atoms with Crippen LogP contribution in [0.5, 0.6) is 5.75 Å². The minimum atomic E-state index is -4.48. The zero-order valence-corrected chi connectivity index (χ0v) is 12.3. The number of ether oxygens (including phenoxy) is 1. The zero-order valence-electron chi connectivity index (χ0n) is 12.3. The van der Waals surface area contributed by atoms with Crippen molar-refractivity contribution in [1.29, 1.82) is 0 Å². The molecule has 2 aliphatic heterocycles. The molecule has 9 nitrogen and oxygen atoms in total. The lowest BCUT2D eigenvalue weighted by Crippen LogP contribution is -2.44. The van der Waals surface area contributed by atoms with Crippen LogP contribution in [0.1, 0.15) is 6.42 Å². The van der Waals surface area contributed by atoms with Gasteiger partial charge in [0.2, 0.25) is 11.7 Å². The second-order valence-corrected chi connectivity index (χ2v) is 5.51. The summed E-state index contributed by atoms with van der Waals surface area (Å²) in [4.78, 5) is 20.2. The van der Waals surface area contributed by atoms with E-state index in [1.165, 1.54) is 0 Å². The summed E-state index contributed by atoms with van der Waals surface area (Å²) >= 11 is 0. The van der Waals surface area contributed by atoms with E-state index in [-0.39, 0.29) is 29.4 Å². The Bertz CT molecular complexity index is 656. The molecule has 12 heteroatoms. The van der Waals surface area contributed by atoms with Crippen molar-refractivity contribution in [3.63, 3.8) is 0 Å². The third kappa shape index (κ3) is 3.16. The molecular weight excluding hydrogens is 333 g/mol. The molecule has 0 bridgehead atoms. The average molecular weight is 348 g/mol. The number of carbonyl (C=O) groups is 1. The predicted octanol–water partition coefficient (Wildman–Crippen LogP) is 0.640. The highest BCUT2D eigenvalue weighted by molar-refractivity contribution is 5.69. The first-order valence-electron chi connectivity index (χ1n) is 7.12. The fourth-order valence-electron chi connectivity index (χ4n) is 2.70. The summed E-state index contributed by atoms with van der Waals surface area (Å²) in [7, 11) is 0. The number of fused-ring (bicyclic) bond motifs is 1. The number of aromatic nitrogens is 2. The molecule has 1 aromatic rings. The van der Waals surface area contributed by atoms with Crippen LogP contribution in [-0.4, -0.2) is 59.1 Å². The van der Waals surface area contributed by atoms with Gasteiger partial charge in [-0.3, -0.25) is 0 Å². The summed E-state index contributed by atoms with van der Waals surface area (Å²) in [5.74, 6) is 0.0130. The Morgan fingerprint density at radius 3 is 2.88 bits per heavy atom. The van der Waals surface area contributed by atoms with Gasteiger partial charge in [0.15, 0.2) is 17.7 Å². The summed E-state index contributed by atoms with van der Waals surface area (Å²) in [6, 6.07) is -2.19. The molecule has 0 saturated carbocycles. The maximum atomic E-state index is 12.8. The summed E-state index contributed by atoms with van der Waals surface area (Å²) in [5.41, 5.74) is 5.58. The van der Waals surface area contributed by atoms with Crippen LogP contribution < -0.4 is 26.0 Å². The lowest BCUT2D eigenvalue weighted by molar-refractivity contribution is -0.149. The number of anilines is 3. The number of halogens is 3. The quantitative estimate of drug-likeness (QED) is 0.613. The molecular formula is C12H15F3N6O3. The molecule has 3 heterocycles. The molecule has 1 aromatic heterocycles. The molecule has 3 rings (SSSR count). The van der Waals surface area contributed by atoms with Gasteiger partial charge in [-0.25, -0.2) is 4.79 Å². The molecule has 5 N–H and O–H groups in total. The van der Waals surface area contributed by atoms with Crippen LogP contribution in [0.2, 0.25) is 0 Å². The van der Waals surface area contributed by atoms with Gasteiger partial charge in [0.05, 0.1) is 6.04 Å². The molecule has 0 spiro atoms. The van der Waals surface area contributed by atoms with Crippen molar-refractivity contribution in [2.75, 3.05) is 35.6 Å². The molecule has 1 unspecified atom stereocenters. The van der Waals surface area contributed by atoms with Crippen LogP contribution in [0.15, 0.2) is 0 Å². The molecule has 0 aliphatic carbocycles. The van der Waals surface area contributed by atoms with Crippen molar-refractivity contribution in [2.45, 2.75) is 24.7 Å². The SMILES string of the molecule is Nc1nc2c(c(N3CC[C@@H](NC(=O)O)C3)n1)OCC(C(F)(F)F)N2. The first kappa shape index (κ1) is 16.2. The van der Waals surface area contributed by atoms with E-state index in [1.54, 1.807) is 4.90 Å². The van der Waals surface area contributed by atoms with Gasteiger partial charge in [0, 0.05) is 13.1 Å². The number of carboxylic acid groups (broad SMARTS) is 1. The van der Waals surface area contributed by atoms with Gasteiger partial charge in [-0.05, 0) is 6.42 Å². The fraction of sp³-hybridized carbons (Fsp3) is 0.583. The molecule has 132 valence electrons. The van der Waals surface area contributed by atoms with Crippen molar-refractivity contribution in [1.82, 2.24) is 15.3 Å². The van der Waals surface area contributed by atoms with Crippen molar-refractivity contribution in [2.24, 2.45) is 0 Å². The summed E-state index contributed by atoms with van der Waals surface area (Å²) < 4.78 is 43.7. The van der Waals surface area contributed by atoms with Crippen LogP contribution in [0, 0.1) is 0 Å². The highest BCUT2D eigenvalue weighted by Gasteiger charge is 2.44. The van der Waals surface area contributed by atoms with E-state index in [1.807, 2.05) is 0 Å². The Kier molecular flexibility index (Phi) is 3.89. The van der Waals surface area contributed by atoms with E-state index >= 15 is 0 Å². The van der Waals surface area contributed by atoms with E-state index in [0.717, 1.165) is 0 Å². The summed E-state index contributed by atoms with van der Waals surface area (Å²) in [6.07, 6.45) is -5.09. The van der Waals surface area contributed by atoms with Crippen LogP contribution >= 0.6 is 0 Å². The standard InChI is InChI=1S/C12H15F3N6O3/c13-12(14,15)6-4-24-7-8(18-6)19-10(16)20-9(7)21-2-1-5(3-21)17-11(22)23/h5-6,17H,1-4H2,(H,22,23)(H3,16,18,19,20)/t5-,6?/m1/s1. The van der Waals surface area contributed by atoms with Crippen LogP contribution in [0.4, 0.5) is 35.5 Å². The topological polar surface area (TPSA) is 126 Å². The Morgan fingerprint density at radius 1 is 1.46 bits per heavy atom. The highest BCUT2D eigenvalue weighted by Crippen LogP contribution is 2.40. The van der Waals surface area contributed by atoms with Gasteiger partial charge in [-0.2, -0.15) is 23.1 Å². The Balaban J connectivity index is 1.84. The van der Waals surface area contributed by atoms with Crippen LogP contribution in [-0.2, 0) is 0 Å². The normalized spacial score (nSPS) is 23.2. The third-order valence-corrected chi connectivity index (χ3v) is 3.78. The maximum absolute atomic E-state index is 12.8. The second kappa shape index (κ2) is 5.76. The van der Waals surface area contributed by atoms with E-state index in [9.17, 15) is 18.0 Å². The van der Waals surface area contributed by atoms with Crippen LogP contribution in [0.25, 0.3) is 0 Å². The minimum Gasteiger partial charge on any atom is -0.484 e. The number of nitrogens with zero attached hydrogens (tertiary/aromatic N) is 3. The van der Waals surface area contributed by atoms with Gasteiger partial charge in [-0.1, -0.05) is 0 Å². The molecule has 1 fully saturated rings. The fourth-order valence-corrected chi connectivity index (χ4v) is 2.70. The molecule has 2 atom stereocenters. The van der Waals surface area contributed by atoms with Gasteiger partial charge in [-0.15, -0.1) is 0 Å². The van der Waals surface area contributed by atoms with E-state index in [0.29, 0.717) is 19.5 Å². The molecule has 1 amide bonds. The van der Waals surface area contributed by atoms with Crippen molar-refractivity contribution in [3.05, 3.63) is 0 Å². The smallest absolute Gasteiger partial charge is 0.411 e. The van der Waals surface area contributed by atoms with Gasteiger partial charge >= 0.3 is 12.3 Å². The number of nitrogens with two attached hydrogens (primary N) is 1. The second-order valence-electron chi connectivity index (χ2n) is 5.51. The zero-order chi connectivity index (χ0) is 17.5. The monoisotopic (exact) mass is 348 g/mol. The lowest BCUT2D eigenvalue weighted by atomic mass is 10.2. The van der Waals surface area contributed by atoms with E-state index < -0.39 is 24.9 Å². The van der Waals surface area contributed by atoms with E-state index in [4.69, 9.17) is 15.6 Å². The van der Waals surface area contributed by atoms with Crippen molar-refractivity contribution >= 4 is 23.7 Å². The molecule has 24 heavy (non-hydrogen) atoms. The van der Waals surface area contributed by atoms with Gasteiger partial charge in [0.1, 0.15) is 6.61 Å². The first-order valence-corrected chi connectivity index (χ1v) is 7.12.